The largest absolute Gasteiger partial charge is 0.352 e. The number of benzene rings is 4. The van der Waals surface area contributed by atoms with Crippen molar-refractivity contribution < 1.29 is 18.0 Å². The van der Waals surface area contributed by atoms with Crippen LogP contribution in [-0.2, 0) is 32.6 Å². The van der Waals surface area contributed by atoms with Crippen LogP contribution in [0.2, 0.25) is 0 Å². The lowest BCUT2D eigenvalue weighted by Crippen LogP contribution is -2.55. The van der Waals surface area contributed by atoms with E-state index < -0.39 is 28.5 Å². The minimum absolute atomic E-state index is 0.0505. The third-order valence-corrected chi connectivity index (χ3v) is 10.9. The van der Waals surface area contributed by atoms with E-state index in [-0.39, 0.29) is 23.4 Å². The lowest BCUT2D eigenvalue weighted by Gasteiger charge is -2.35. The van der Waals surface area contributed by atoms with Gasteiger partial charge in [0, 0.05) is 19.0 Å². The minimum Gasteiger partial charge on any atom is -0.352 e. The number of rotatable bonds is 12. The monoisotopic (exact) mass is 665 g/mol. The highest BCUT2D eigenvalue weighted by Crippen LogP contribution is 2.28. The van der Waals surface area contributed by atoms with Crippen LogP contribution in [0, 0.1) is 27.7 Å². The van der Waals surface area contributed by atoms with Crippen molar-refractivity contribution in [3.63, 3.8) is 0 Å². The van der Waals surface area contributed by atoms with E-state index in [0.717, 1.165) is 65.5 Å². The first-order chi connectivity index (χ1) is 23.0. The summed E-state index contributed by atoms with van der Waals surface area (Å²) in [4.78, 5) is 30.7. The normalized spacial score (nSPS) is 14.2. The first kappa shape index (κ1) is 34.9. The molecule has 1 fully saturated rings. The SMILES string of the molecule is Cc1ccc(CN(C(=O)CN(c2cc(C)cc(C)c2)S(=O)(=O)c2ccc(C)cc2)C(Cc2ccccc2)C(=O)NC2CCCCC2)cc1. The average Bonchev–Trinajstić information content (AvgIpc) is 3.06. The van der Waals surface area contributed by atoms with Gasteiger partial charge in [0.1, 0.15) is 12.6 Å². The van der Waals surface area contributed by atoms with E-state index in [1.807, 2.05) is 88.4 Å². The number of carbonyl (C=O) groups excluding carboxylic acids is 2. The highest BCUT2D eigenvalue weighted by molar-refractivity contribution is 7.92. The van der Waals surface area contributed by atoms with Gasteiger partial charge in [0.05, 0.1) is 10.6 Å². The molecule has 1 unspecified atom stereocenters. The van der Waals surface area contributed by atoms with Crippen molar-refractivity contribution in [3.8, 4) is 0 Å². The molecule has 4 aromatic carbocycles. The predicted molar refractivity (Wildman–Crippen MR) is 192 cm³/mol. The Morgan fingerprint density at radius 1 is 0.729 bits per heavy atom. The number of amides is 2. The van der Waals surface area contributed by atoms with Crippen LogP contribution in [0.4, 0.5) is 5.69 Å². The summed E-state index contributed by atoms with van der Waals surface area (Å²) >= 11 is 0. The van der Waals surface area contributed by atoms with Crippen LogP contribution in [0.5, 0.6) is 0 Å². The molecule has 5 rings (SSSR count). The summed E-state index contributed by atoms with van der Waals surface area (Å²) in [6, 6.07) is 29.0. The quantitative estimate of drug-likeness (QED) is 0.173. The van der Waals surface area contributed by atoms with E-state index in [2.05, 4.69) is 5.32 Å². The first-order valence-corrected chi connectivity index (χ1v) is 18.3. The van der Waals surface area contributed by atoms with Crippen molar-refractivity contribution in [2.24, 2.45) is 0 Å². The average molecular weight is 666 g/mol. The fraction of sp³-hybridized carbons (Fsp3) is 0.350. The number of carbonyl (C=O) groups is 2. The highest BCUT2D eigenvalue weighted by Gasteiger charge is 2.35. The van der Waals surface area contributed by atoms with Gasteiger partial charge in [-0.15, -0.1) is 0 Å². The van der Waals surface area contributed by atoms with Crippen LogP contribution in [0.1, 0.15) is 65.5 Å². The molecule has 0 spiro atoms. The molecule has 1 N–H and O–H groups in total. The topological polar surface area (TPSA) is 86.8 Å². The number of sulfonamides is 1. The van der Waals surface area contributed by atoms with Gasteiger partial charge in [-0.2, -0.15) is 0 Å². The van der Waals surface area contributed by atoms with Gasteiger partial charge in [-0.25, -0.2) is 8.42 Å². The lowest BCUT2D eigenvalue weighted by molar-refractivity contribution is -0.140. The Balaban J connectivity index is 1.58. The second-order valence-electron chi connectivity index (χ2n) is 13.2. The molecule has 0 saturated heterocycles. The molecule has 1 atom stereocenters. The maximum atomic E-state index is 14.8. The molecule has 4 aromatic rings. The van der Waals surface area contributed by atoms with Crippen molar-refractivity contribution in [3.05, 3.63) is 130 Å². The Morgan fingerprint density at radius 3 is 1.92 bits per heavy atom. The molecule has 2 amide bonds. The van der Waals surface area contributed by atoms with E-state index in [9.17, 15) is 18.0 Å². The Kier molecular flexibility index (Phi) is 11.4. The molecule has 0 heterocycles. The smallest absolute Gasteiger partial charge is 0.264 e. The molecule has 0 bridgehead atoms. The zero-order valence-electron chi connectivity index (χ0n) is 28.5. The molecule has 0 aliphatic heterocycles. The van der Waals surface area contributed by atoms with Crippen molar-refractivity contribution in [1.29, 1.82) is 0 Å². The van der Waals surface area contributed by atoms with E-state index in [1.54, 1.807) is 41.3 Å². The van der Waals surface area contributed by atoms with Crippen LogP contribution in [0.15, 0.2) is 102 Å². The Bertz CT molecular complexity index is 1780. The van der Waals surface area contributed by atoms with E-state index in [0.29, 0.717) is 12.1 Å². The number of aryl methyl sites for hydroxylation is 4. The molecule has 252 valence electrons. The summed E-state index contributed by atoms with van der Waals surface area (Å²) in [6.45, 7) is 7.40. The zero-order chi connectivity index (χ0) is 34.3. The number of hydrogen-bond donors (Lipinski definition) is 1. The van der Waals surface area contributed by atoms with Gasteiger partial charge in [-0.05, 0) is 87.1 Å². The van der Waals surface area contributed by atoms with Gasteiger partial charge in [-0.3, -0.25) is 13.9 Å². The molecule has 7 nitrogen and oxygen atoms in total. The third kappa shape index (κ3) is 8.92. The van der Waals surface area contributed by atoms with Gasteiger partial charge in [0.15, 0.2) is 0 Å². The first-order valence-electron chi connectivity index (χ1n) is 16.9. The maximum Gasteiger partial charge on any atom is 0.264 e. The summed E-state index contributed by atoms with van der Waals surface area (Å²) in [5, 5.41) is 3.27. The van der Waals surface area contributed by atoms with Gasteiger partial charge in [0.25, 0.3) is 10.0 Å². The van der Waals surface area contributed by atoms with Gasteiger partial charge < -0.3 is 10.2 Å². The van der Waals surface area contributed by atoms with Crippen LogP contribution in [0.25, 0.3) is 0 Å². The molecule has 1 aliphatic rings. The van der Waals surface area contributed by atoms with E-state index in [4.69, 9.17) is 0 Å². The van der Waals surface area contributed by atoms with Crippen molar-refractivity contribution in [2.45, 2.75) is 89.7 Å². The molecule has 0 aromatic heterocycles. The number of hydrogen-bond acceptors (Lipinski definition) is 4. The summed E-state index contributed by atoms with van der Waals surface area (Å²) in [7, 11) is -4.15. The molecule has 0 radical (unpaired) electrons. The summed E-state index contributed by atoms with van der Waals surface area (Å²) in [6.07, 6.45) is 5.38. The highest BCUT2D eigenvalue weighted by atomic mass is 32.2. The standard InChI is InChI=1S/C40H47N3O4S/c1-29-15-19-34(20-16-29)27-42(38(26-33-11-7-5-8-12-33)40(45)41-35-13-9-6-10-14-35)39(44)28-43(36-24-31(3)23-32(4)25-36)48(46,47)37-21-17-30(2)18-22-37/h5,7-8,11-12,15-25,35,38H,6,9-10,13-14,26-28H2,1-4H3,(H,41,45). The van der Waals surface area contributed by atoms with Crippen molar-refractivity contribution in [2.75, 3.05) is 10.8 Å². The number of nitrogens with zero attached hydrogens (tertiary/aromatic N) is 2. The summed E-state index contributed by atoms with van der Waals surface area (Å²) in [5.41, 5.74) is 5.96. The maximum absolute atomic E-state index is 14.8. The molecule has 1 aliphatic carbocycles. The van der Waals surface area contributed by atoms with Crippen LogP contribution in [0.3, 0.4) is 0 Å². The van der Waals surface area contributed by atoms with Gasteiger partial charge >= 0.3 is 0 Å². The van der Waals surface area contributed by atoms with Crippen LogP contribution < -0.4 is 9.62 Å². The second kappa shape index (κ2) is 15.6. The molecule has 48 heavy (non-hydrogen) atoms. The van der Waals surface area contributed by atoms with Crippen LogP contribution in [-0.4, -0.2) is 43.8 Å². The minimum atomic E-state index is -4.15. The Hall–Kier alpha value is -4.43. The summed E-state index contributed by atoms with van der Waals surface area (Å²) < 4.78 is 29.9. The predicted octanol–water partition coefficient (Wildman–Crippen LogP) is 7.20. The van der Waals surface area contributed by atoms with Crippen LogP contribution >= 0.6 is 0 Å². The van der Waals surface area contributed by atoms with E-state index in [1.165, 1.54) is 4.31 Å². The molecule has 8 heteroatoms. The van der Waals surface area contributed by atoms with Gasteiger partial charge in [-0.1, -0.05) is 103 Å². The molecular weight excluding hydrogens is 619 g/mol. The van der Waals surface area contributed by atoms with Crippen molar-refractivity contribution in [1.82, 2.24) is 10.2 Å². The Labute approximate surface area is 286 Å². The summed E-state index contributed by atoms with van der Waals surface area (Å²) in [5.74, 6) is -0.671. The lowest BCUT2D eigenvalue weighted by atomic mass is 9.94. The van der Waals surface area contributed by atoms with Gasteiger partial charge in [0.2, 0.25) is 11.8 Å². The number of nitrogens with one attached hydrogen (secondary N) is 1. The molecule has 1 saturated carbocycles. The second-order valence-corrected chi connectivity index (χ2v) is 15.1. The Morgan fingerprint density at radius 2 is 1.31 bits per heavy atom. The fourth-order valence-corrected chi connectivity index (χ4v) is 7.85. The van der Waals surface area contributed by atoms with Crippen molar-refractivity contribution >= 4 is 27.5 Å². The fourth-order valence-electron chi connectivity index (χ4n) is 6.45. The zero-order valence-corrected chi connectivity index (χ0v) is 29.3. The molecular formula is C40H47N3O4S. The third-order valence-electron chi connectivity index (χ3n) is 9.08. The number of anilines is 1. The van der Waals surface area contributed by atoms with E-state index >= 15 is 0 Å².